The van der Waals surface area contributed by atoms with Crippen molar-refractivity contribution in [2.24, 2.45) is 5.92 Å². The van der Waals surface area contributed by atoms with Crippen LogP contribution in [0.25, 0.3) is 0 Å². The van der Waals surface area contributed by atoms with Crippen molar-refractivity contribution in [2.75, 3.05) is 32.8 Å². The van der Waals surface area contributed by atoms with Gasteiger partial charge in [0.15, 0.2) is 0 Å². The fourth-order valence-electron chi connectivity index (χ4n) is 3.71. The second-order valence-corrected chi connectivity index (χ2v) is 8.97. The Morgan fingerprint density at radius 1 is 1.26 bits per heavy atom. The number of sulfonamides is 1. The van der Waals surface area contributed by atoms with E-state index in [-0.39, 0.29) is 11.4 Å². The second-order valence-electron chi connectivity index (χ2n) is 7.03. The van der Waals surface area contributed by atoms with Crippen LogP contribution < -0.4 is 5.32 Å². The smallest absolute Gasteiger partial charge is 0.396 e. The largest absolute Gasteiger partial charge is 0.396 e. The molecule has 27 heavy (non-hydrogen) atoms. The molecule has 1 unspecified atom stereocenters. The van der Waals surface area contributed by atoms with E-state index < -0.39 is 47.0 Å². The molecule has 0 aliphatic carbocycles. The molecule has 2 heterocycles. The number of morpholine rings is 1. The Bertz CT molecular complexity index is 736. The van der Waals surface area contributed by atoms with Crippen LogP contribution in [0.1, 0.15) is 12.8 Å². The van der Waals surface area contributed by atoms with E-state index in [1.54, 1.807) is 18.2 Å². The van der Waals surface area contributed by atoms with Crippen molar-refractivity contribution in [3.63, 3.8) is 0 Å². The zero-order valence-corrected chi connectivity index (χ0v) is 15.5. The number of aliphatic hydroxyl groups excluding tert-OH is 1. The Morgan fingerprint density at radius 3 is 2.44 bits per heavy atom. The maximum absolute atomic E-state index is 13.4. The average Bonchev–Trinajstić information content (AvgIpc) is 2.62. The minimum atomic E-state index is -4.69. The summed E-state index contributed by atoms with van der Waals surface area (Å²) in [6.07, 6.45) is -5.34. The Morgan fingerprint density at radius 2 is 1.89 bits per heavy atom. The molecular formula is C17H23F3N2O4S. The van der Waals surface area contributed by atoms with Crippen molar-refractivity contribution >= 4 is 10.0 Å². The monoisotopic (exact) mass is 408 g/mol. The van der Waals surface area contributed by atoms with E-state index in [0.717, 1.165) is 4.31 Å². The predicted molar refractivity (Wildman–Crippen MR) is 91.5 cm³/mol. The number of nitrogens with zero attached hydrogens (tertiary/aromatic N) is 1. The minimum absolute atomic E-state index is 0.00157. The number of alkyl halides is 3. The molecule has 0 bridgehead atoms. The van der Waals surface area contributed by atoms with Crippen molar-refractivity contribution in [1.82, 2.24) is 9.62 Å². The molecule has 2 aliphatic heterocycles. The van der Waals surface area contributed by atoms with Gasteiger partial charge in [-0.25, -0.2) is 8.42 Å². The van der Waals surface area contributed by atoms with Crippen molar-refractivity contribution < 1.29 is 31.4 Å². The Balaban J connectivity index is 1.96. The molecule has 2 N–H and O–H groups in total. The van der Waals surface area contributed by atoms with Crippen LogP contribution in [0.3, 0.4) is 0 Å². The van der Waals surface area contributed by atoms with E-state index >= 15 is 0 Å². The van der Waals surface area contributed by atoms with E-state index in [9.17, 15) is 26.7 Å². The molecule has 0 radical (unpaired) electrons. The van der Waals surface area contributed by atoms with Crippen LogP contribution >= 0.6 is 0 Å². The van der Waals surface area contributed by atoms with Crippen LogP contribution in [-0.2, 0) is 14.8 Å². The number of hydrogen-bond acceptors (Lipinski definition) is 5. The van der Waals surface area contributed by atoms with Gasteiger partial charge in [-0.2, -0.15) is 17.5 Å². The Hall–Kier alpha value is -1.20. The van der Waals surface area contributed by atoms with Crippen LogP contribution in [0, 0.1) is 5.92 Å². The Labute approximate surface area is 156 Å². The lowest BCUT2D eigenvalue weighted by Gasteiger charge is -2.49. The summed E-state index contributed by atoms with van der Waals surface area (Å²) in [6, 6.07) is 7.64. The predicted octanol–water partition coefficient (Wildman–Crippen LogP) is 1.37. The highest BCUT2D eigenvalue weighted by molar-refractivity contribution is 7.89. The van der Waals surface area contributed by atoms with Crippen LogP contribution in [0.2, 0.25) is 0 Å². The molecule has 1 aromatic carbocycles. The summed E-state index contributed by atoms with van der Waals surface area (Å²) in [5, 5.41) is 12.4. The van der Waals surface area contributed by atoms with E-state index in [4.69, 9.17) is 4.74 Å². The van der Waals surface area contributed by atoms with Crippen LogP contribution in [-0.4, -0.2) is 68.5 Å². The third-order valence-electron chi connectivity index (χ3n) is 5.21. The maximum Gasteiger partial charge on any atom is 0.396 e. The van der Waals surface area contributed by atoms with E-state index in [1.807, 2.05) is 0 Å². The molecule has 10 heteroatoms. The van der Waals surface area contributed by atoms with Crippen molar-refractivity contribution in [3.05, 3.63) is 30.3 Å². The summed E-state index contributed by atoms with van der Waals surface area (Å²) in [4.78, 5) is 0.0299. The molecule has 152 valence electrons. The number of rotatable bonds is 4. The van der Waals surface area contributed by atoms with Gasteiger partial charge in [-0.1, -0.05) is 18.2 Å². The fraction of sp³-hybridized carbons (Fsp3) is 0.647. The lowest BCUT2D eigenvalue weighted by Crippen LogP contribution is -2.63. The van der Waals surface area contributed by atoms with Gasteiger partial charge in [0.25, 0.3) is 0 Å². The SMILES string of the molecule is O=S(=O)(c1ccccc1)N1C[C@@H](C(CO)C(F)(F)F)OC2(CCNCC2)C1. The molecule has 1 aromatic rings. The summed E-state index contributed by atoms with van der Waals surface area (Å²) < 4.78 is 73.1. The average molecular weight is 408 g/mol. The number of aliphatic hydroxyl groups is 1. The number of piperidine rings is 1. The van der Waals surface area contributed by atoms with Crippen molar-refractivity contribution in [1.29, 1.82) is 0 Å². The molecule has 3 rings (SSSR count). The number of ether oxygens (including phenoxy) is 1. The molecule has 1 spiro atoms. The lowest BCUT2D eigenvalue weighted by molar-refractivity contribution is -0.251. The normalized spacial score (nSPS) is 25.4. The molecule has 0 amide bonds. The molecule has 2 fully saturated rings. The molecule has 0 aromatic heterocycles. The van der Waals surface area contributed by atoms with Gasteiger partial charge >= 0.3 is 6.18 Å². The molecule has 2 atom stereocenters. The van der Waals surface area contributed by atoms with Gasteiger partial charge in [0.2, 0.25) is 10.0 Å². The number of nitrogens with one attached hydrogen (secondary N) is 1. The first kappa shape index (κ1) is 20.5. The quantitative estimate of drug-likeness (QED) is 0.787. The van der Waals surface area contributed by atoms with Crippen LogP contribution in [0.15, 0.2) is 35.2 Å². The van der Waals surface area contributed by atoms with Crippen molar-refractivity contribution in [2.45, 2.75) is 35.6 Å². The second kappa shape index (κ2) is 7.67. The maximum atomic E-state index is 13.4. The van der Waals surface area contributed by atoms with Gasteiger partial charge in [-0.05, 0) is 38.1 Å². The van der Waals surface area contributed by atoms with Gasteiger partial charge in [0.05, 0.1) is 23.2 Å². The molecule has 0 saturated carbocycles. The van der Waals surface area contributed by atoms with Gasteiger partial charge in [-0.15, -0.1) is 0 Å². The van der Waals surface area contributed by atoms with Gasteiger partial charge in [0, 0.05) is 13.1 Å². The third-order valence-corrected chi connectivity index (χ3v) is 7.04. The standard InChI is InChI=1S/C17H23F3N2O4S/c18-17(19,20)14(11-23)15-10-22(12-16(26-15)6-8-21-9-7-16)27(24,25)13-4-2-1-3-5-13/h1-5,14-15,21,23H,6-12H2/t14?,15-/m0/s1. The van der Waals surface area contributed by atoms with Crippen LogP contribution in [0.4, 0.5) is 13.2 Å². The molecule has 6 nitrogen and oxygen atoms in total. The van der Waals surface area contributed by atoms with E-state index in [2.05, 4.69) is 5.32 Å². The first-order valence-corrected chi connectivity index (χ1v) is 10.2. The van der Waals surface area contributed by atoms with Gasteiger partial charge in [0.1, 0.15) is 5.92 Å². The number of hydrogen-bond donors (Lipinski definition) is 2. The summed E-state index contributed by atoms with van der Waals surface area (Å²) in [6.45, 7) is -0.541. The summed E-state index contributed by atoms with van der Waals surface area (Å²) in [5.74, 6) is -2.14. The molecule has 2 saturated heterocycles. The first-order valence-electron chi connectivity index (χ1n) is 8.79. The zero-order valence-electron chi connectivity index (χ0n) is 14.7. The lowest BCUT2D eigenvalue weighted by atomic mass is 9.88. The van der Waals surface area contributed by atoms with Gasteiger partial charge in [-0.3, -0.25) is 0 Å². The minimum Gasteiger partial charge on any atom is -0.396 e. The van der Waals surface area contributed by atoms with Crippen LogP contribution in [0.5, 0.6) is 0 Å². The summed E-state index contributed by atoms with van der Waals surface area (Å²) in [7, 11) is -3.97. The summed E-state index contributed by atoms with van der Waals surface area (Å²) >= 11 is 0. The van der Waals surface area contributed by atoms with Crippen molar-refractivity contribution in [3.8, 4) is 0 Å². The number of benzene rings is 1. The number of halogens is 3. The first-order chi connectivity index (χ1) is 12.7. The molecular weight excluding hydrogens is 385 g/mol. The molecule has 2 aliphatic rings. The topological polar surface area (TPSA) is 78.9 Å². The Kier molecular flexibility index (Phi) is 5.83. The zero-order chi connectivity index (χ0) is 19.7. The van der Waals surface area contributed by atoms with E-state index in [1.165, 1.54) is 12.1 Å². The summed E-state index contributed by atoms with van der Waals surface area (Å²) in [5.41, 5.74) is -0.991. The fourth-order valence-corrected chi connectivity index (χ4v) is 5.25. The third kappa shape index (κ3) is 4.29. The highest BCUT2D eigenvalue weighted by atomic mass is 32.2. The highest BCUT2D eigenvalue weighted by Crippen LogP contribution is 2.39. The van der Waals surface area contributed by atoms with E-state index in [0.29, 0.717) is 25.9 Å². The van der Waals surface area contributed by atoms with Gasteiger partial charge < -0.3 is 15.2 Å². The highest BCUT2D eigenvalue weighted by Gasteiger charge is 2.53.